The summed E-state index contributed by atoms with van der Waals surface area (Å²) in [7, 11) is 0. The number of halogens is 2. The summed E-state index contributed by atoms with van der Waals surface area (Å²) in [5.74, 6) is -0.168. The van der Waals surface area contributed by atoms with Crippen LogP contribution in [0.2, 0.25) is 5.02 Å². The molecule has 0 amide bonds. The monoisotopic (exact) mass is 277 g/mol. The van der Waals surface area contributed by atoms with Gasteiger partial charge in [0.25, 0.3) is 0 Å². The normalized spacial score (nSPS) is 12.5. The summed E-state index contributed by atoms with van der Waals surface area (Å²) >= 11 is 6.12. The summed E-state index contributed by atoms with van der Waals surface area (Å²) in [6.45, 7) is 5.45. The van der Waals surface area contributed by atoms with Gasteiger partial charge in [-0.2, -0.15) is 0 Å². The van der Waals surface area contributed by atoms with Crippen molar-refractivity contribution < 1.29 is 4.39 Å². The Morgan fingerprint density at radius 1 is 1.11 bits per heavy atom. The fourth-order valence-electron chi connectivity index (χ4n) is 2.30. The third kappa shape index (κ3) is 2.65. The Morgan fingerprint density at radius 3 is 2.26 bits per heavy atom. The molecular formula is C16H17ClFN. The van der Waals surface area contributed by atoms with E-state index in [0.29, 0.717) is 16.1 Å². The van der Waals surface area contributed by atoms with Crippen LogP contribution >= 0.6 is 11.6 Å². The van der Waals surface area contributed by atoms with E-state index >= 15 is 0 Å². The lowest BCUT2D eigenvalue weighted by molar-refractivity contribution is 0.607. The van der Waals surface area contributed by atoms with E-state index in [4.69, 9.17) is 17.3 Å². The van der Waals surface area contributed by atoms with Gasteiger partial charge in [0.2, 0.25) is 0 Å². The summed E-state index contributed by atoms with van der Waals surface area (Å²) in [6.07, 6.45) is 0. The largest absolute Gasteiger partial charge is 0.320 e. The molecule has 0 saturated heterocycles. The van der Waals surface area contributed by atoms with Gasteiger partial charge in [0.15, 0.2) is 0 Å². The maximum Gasteiger partial charge on any atom is 0.129 e. The van der Waals surface area contributed by atoms with Gasteiger partial charge in [-0.1, -0.05) is 35.9 Å². The Kier molecular flexibility index (Phi) is 3.93. The lowest BCUT2D eigenvalue weighted by atomic mass is 9.93. The Labute approximate surface area is 118 Å². The molecule has 0 aliphatic rings. The molecule has 0 bridgehead atoms. The molecule has 1 unspecified atom stereocenters. The highest BCUT2D eigenvalue weighted by atomic mass is 35.5. The van der Waals surface area contributed by atoms with Crippen molar-refractivity contribution >= 4 is 11.6 Å². The van der Waals surface area contributed by atoms with Crippen molar-refractivity contribution in [2.75, 3.05) is 0 Å². The number of benzene rings is 2. The van der Waals surface area contributed by atoms with Crippen LogP contribution in [0.3, 0.4) is 0 Å². The van der Waals surface area contributed by atoms with Gasteiger partial charge in [0.05, 0.1) is 6.04 Å². The molecule has 0 saturated carbocycles. The zero-order valence-electron chi connectivity index (χ0n) is 11.3. The molecule has 0 aromatic heterocycles. The van der Waals surface area contributed by atoms with Crippen LogP contribution in [0.25, 0.3) is 0 Å². The lowest BCUT2D eigenvalue weighted by Crippen LogP contribution is -2.14. The molecule has 0 fully saturated rings. The highest BCUT2D eigenvalue weighted by Gasteiger charge is 2.15. The van der Waals surface area contributed by atoms with Crippen molar-refractivity contribution in [3.05, 3.63) is 69.0 Å². The molecule has 1 nitrogen and oxygen atoms in total. The fourth-order valence-corrected chi connectivity index (χ4v) is 2.48. The highest BCUT2D eigenvalue weighted by Crippen LogP contribution is 2.28. The maximum atomic E-state index is 13.7. The van der Waals surface area contributed by atoms with Crippen LogP contribution in [-0.4, -0.2) is 0 Å². The quantitative estimate of drug-likeness (QED) is 0.862. The van der Waals surface area contributed by atoms with E-state index in [9.17, 15) is 4.39 Å². The predicted octanol–water partition coefficient (Wildman–Crippen LogP) is 4.45. The standard InChI is InChI=1S/C16H17ClFN/c1-9-7-12(8-10(2)15(9)18)16(19)13-5-4-6-14(17)11(13)3/h4-8,16H,19H2,1-3H3. The van der Waals surface area contributed by atoms with Crippen molar-refractivity contribution in [1.82, 2.24) is 0 Å². The Hall–Kier alpha value is -1.38. The molecule has 2 aromatic carbocycles. The average molecular weight is 278 g/mol. The highest BCUT2D eigenvalue weighted by molar-refractivity contribution is 6.31. The van der Waals surface area contributed by atoms with E-state index in [1.54, 1.807) is 26.0 Å². The van der Waals surface area contributed by atoms with Gasteiger partial charge in [-0.3, -0.25) is 0 Å². The summed E-state index contributed by atoms with van der Waals surface area (Å²) in [4.78, 5) is 0. The molecule has 0 heterocycles. The number of hydrogen-bond donors (Lipinski definition) is 1. The van der Waals surface area contributed by atoms with Crippen molar-refractivity contribution in [1.29, 1.82) is 0 Å². The van der Waals surface area contributed by atoms with Crippen molar-refractivity contribution in [2.45, 2.75) is 26.8 Å². The first-order chi connectivity index (χ1) is 8.91. The molecule has 100 valence electrons. The second-order valence-corrected chi connectivity index (χ2v) is 5.31. The molecule has 3 heteroatoms. The SMILES string of the molecule is Cc1cc(C(N)c2cccc(Cl)c2C)cc(C)c1F. The third-order valence-electron chi connectivity index (χ3n) is 3.46. The molecule has 2 aromatic rings. The van der Waals surface area contributed by atoms with Gasteiger partial charge in [0.1, 0.15) is 5.82 Å². The zero-order valence-corrected chi connectivity index (χ0v) is 12.1. The molecule has 1 atom stereocenters. The van der Waals surface area contributed by atoms with Crippen LogP contribution in [0.1, 0.15) is 33.9 Å². The van der Waals surface area contributed by atoms with Crippen LogP contribution in [0.15, 0.2) is 30.3 Å². The zero-order chi connectivity index (χ0) is 14.2. The Balaban J connectivity index is 2.50. The molecule has 0 radical (unpaired) electrons. The smallest absolute Gasteiger partial charge is 0.129 e. The third-order valence-corrected chi connectivity index (χ3v) is 3.87. The van der Waals surface area contributed by atoms with Crippen LogP contribution in [0.4, 0.5) is 4.39 Å². The topological polar surface area (TPSA) is 26.0 Å². The van der Waals surface area contributed by atoms with E-state index in [-0.39, 0.29) is 11.9 Å². The molecule has 19 heavy (non-hydrogen) atoms. The van der Waals surface area contributed by atoms with E-state index in [0.717, 1.165) is 16.7 Å². The molecule has 0 spiro atoms. The van der Waals surface area contributed by atoms with E-state index in [1.165, 1.54) is 0 Å². The molecule has 0 aliphatic heterocycles. The molecule has 2 N–H and O–H groups in total. The number of hydrogen-bond acceptors (Lipinski definition) is 1. The van der Waals surface area contributed by atoms with E-state index in [1.807, 2.05) is 25.1 Å². The Bertz CT molecular complexity index is 599. The average Bonchev–Trinajstić information content (AvgIpc) is 2.38. The maximum absolute atomic E-state index is 13.7. The van der Waals surface area contributed by atoms with Gasteiger partial charge in [-0.25, -0.2) is 4.39 Å². The second kappa shape index (κ2) is 5.32. The van der Waals surface area contributed by atoms with Crippen LogP contribution in [-0.2, 0) is 0 Å². The minimum absolute atomic E-state index is 0.168. The molecule has 2 rings (SSSR count). The molecular weight excluding hydrogens is 261 g/mol. The summed E-state index contributed by atoms with van der Waals surface area (Å²) < 4.78 is 13.7. The van der Waals surface area contributed by atoms with E-state index in [2.05, 4.69) is 0 Å². The van der Waals surface area contributed by atoms with Crippen molar-refractivity contribution in [2.24, 2.45) is 5.73 Å². The minimum atomic E-state index is -0.295. The Morgan fingerprint density at radius 2 is 1.68 bits per heavy atom. The van der Waals surface area contributed by atoms with Crippen LogP contribution < -0.4 is 5.73 Å². The number of aryl methyl sites for hydroxylation is 2. The first-order valence-corrected chi connectivity index (χ1v) is 6.57. The predicted molar refractivity (Wildman–Crippen MR) is 78.1 cm³/mol. The number of nitrogens with two attached hydrogens (primary N) is 1. The van der Waals surface area contributed by atoms with Gasteiger partial charge >= 0.3 is 0 Å². The van der Waals surface area contributed by atoms with Crippen LogP contribution in [0.5, 0.6) is 0 Å². The van der Waals surface area contributed by atoms with E-state index < -0.39 is 0 Å². The van der Waals surface area contributed by atoms with Gasteiger partial charge < -0.3 is 5.73 Å². The van der Waals surface area contributed by atoms with Crippen molar-refractivity contribution in [3.63, 3.8) is 0 Å². The van der Waals surface area contributed by atoms with Gasteiger partial charge in [-0.05, 0) is 54.7 Å². The first-order valence-electron chi connectivity index (χ1n) is 6.19. The first kappa shape index (κ1) is 14.0. The summed E-state index contributed by atoms with van der Waals surface area (Å²) in [6, 6.07) is 8.99. The lowest BCUT2D eigenvalue weighted by Gasteiger charge is -2.17. The fraction of sp³-hybridized carbons (Fsp3) is 0.250. The van der Waals surface area contributed by atoms with Crippen LogP contribution in [0, 0.1) is 26.6 Å². The number of rotatable bonds is 2. The summed E-state index contributed by atoms with van der Waals surface area (Å²) in [5, 5.41) is 0.698. The van der Waals surface area contributed by atoms with Gasteiger partial charge in [-0.15, -0.1) is 0 Å². The second-order valence-electron chi connectivity index (χ2n) is 4.90. The molecule has 0 aliphatic carbocycles. The van der Waals surface area contributed by atoms with Crippen molar-refractivity contribution in [3.8, 4) is 0 Å². The minimum Gasteiger partial charge on any atom is -0.320 e. The summed E-state index contributed by atoms with van der Waals surface area (Å²) in [5.41, 5.74) is 10.4. The van der Waals surface area contributed by atoms with Gasteiger partial charge in [0, 0.05) is 5.02 Å².